The second-order valence-corrected chi connectivity index (χ2v) is 9.32. The zero-order valence-electron chi connectivity index (χ0n) is 20.6. The smallest absolute Gasteiger partial charge is 0.304 e. The normalized spacial score (nSPS) is 15.1. The van der Waals surface area contributed by atoms with E-state index in [1.165, 1.54) is 11.1 Å². The van der Waals surface area contributed by atoms with Crippen molar-refractivity contribution in [2.24, 2.45) is 0 Å². The summed E-state index contributed by atoms with van der Waals surface area (Å²) in [7, 11) is 0. The highest BCUT2D eigenvalue weighted by atomic mass is 19.1. The molecule has 1 aliphatic rings. The SMILES string of the molecule is CC#C[C@@H](CC(=O)O)c1ccc(OCc2ccc(CN3CCC(c4ccc(F)cc4)CC3)cc2)cc1. The molecule has 0 bridgehead atoms. The van der Waals surface area contributed by atoms with Crippen molar-refractivity contribution in [3.8, 4) is 17.6 Å². The minimum absolute atomic E-state index is 0.0142. The largest absolute Gasteiger partial charge is 0.489 e. The summed E-state index contributed by atoms with van der Waals surface area (Å²) in [4.78, 5) is 13.6. The fourth-order valence-electron chi connectivity index (χ4n) is 4.72. The maximum Gasteiger partial charge on any atom is 0.304 e. The maximum atomic E-state index is 13.2. The monoisotopic (exact) mass is 485 g/mol. The Morgan fingerprint density at radius 3 is 2.25 bits per heavy atom. The van der Waals surface area contributed by atoms with Crippen LogP contribution in [-0.4, -0.2) is 29.1 Å². The number of carboxylic acids is 1. The lowest BCUT2D eigenvalue weighted by atomic mass is 9.89. The zero-order valence-corrected chi connectivity index (χ0v) is 20.6. The highest BCUT2D eigenvalue weighted by Crippen LogP contribution is 2.29. The number of halogens is 1. The van der Waals surface area contributed by atoms with E-state index < -0.39 is 5.97 Å². The zero-order chi connectivity index (χ0) is 25.3. The third-order valence-electron chi connectivity index (χ3n) is 6.74. The Balaban J connectivity index is 1.24. The molecule has 1 fully saturated rings. The second kappa shape index (κ2) is 12.4. The first kappa shape index (κ1) is 25.5. The molecule has 1 saturated heterocycles. The first-order valence-electron chi connectivity index (χ1n) is 12.4. The van der Waals surface area contributed by atoms with Gasteiger partial charge in [0, 0.05) is 6.54 Å². The number of likely N-dealkylation sites (tertiary alicyclic amines) is 1. The summed E-state index contributed by atoms with van der Waals surface area (Å²) in [5.41, 5.74) is 4.50. The molecule has 0 radical (unpaired) electrons. The van der Waals surface area contributed by atoms with Crippen LogP contribution >= 0.6 is 0 Å². The van der Waals surface area contributed by atoms with Gasteiger partial charge in [-0.05, 0) is 85.3 Å². The van der Waals surface area contributed by atoms with Gasteiger partial charge < -0.3 is 9.84 Å². The molecule has 5 heteroatoms. The molecule has 186 valence electrons. The van der Waals surface area contributed by atoms with E-state index >= 15 is 0 Å². The van der Waals surface area contributed by atoms with Crippen LogP contribution in [0.3, 0.4) is 0 Å². The highest BCUT2D eigenvalue weighted by molar-refractivity contribution is 5.69. The Bertz CT molecular complexity index is 1190. The third-order valence-corrected chi connectivity index (χ3v) is 6.74. The molecule has 0 aliphatic carbocycles. The first-order chi connectivity index (χ1) is 17.5. The quantitative estimate of drug-likeness (QED) is 0.358. The molecule has 1 heterocycles. The predicted octanol–water partition coefficient (Wildman–Crippen LogP) is 6.37. The Labute approximate surface area is 212 Å². The van der Waals surface area contributed by atoms with E-state index in [1.807, 2.05) is 36.4 Å². The van der Waals surface area contributed by atoms with Gasteiger partial charge in [0.25, 0.3) is 0 Å². The van der Waals surface area contributed by atoms with Gasteiger partial charge in [0.05, 0.1) is 12.3 Å². The lowest BCUT2D eigenvalue weighted by molar-refractivity contribution is -0.137. The fourth-order valence-corrected chi connectivity index (χ4v) is 4.72. The number of ether oxygens (including phenoxy) is 1. The predicted molar refractivity (Wildman–Crippen MR) is 139 cm³/mol. The van der Waals surface area contributed by atoms with Gasteiger partial charge in [-0.15, -0.1) is 5.92 Å². The van der Waals surface area contributed by atoms with Crippen LogP contribution in [0.4, 0.5) is 4.39 Å². The van der Waals surface area contributed by atoms with Crippen LogP contribution in [0, 0.1) is 17.7 Å². The van der Waals surface area contributed by atoms with Crippen LogP contribution in [-0.2, 0) is 17.9 Å². The van der Waals surface area contributed by atoms with Crippen molar-refractivity contribution in [3.63, 3.8) is 0 Å². The summed E-state index contributed by atoms with van der Waals surface area (Å²) < 4.78 is 19.1. The Kier molecular flexibility index (Phi) is 8.76. The maximum absolute atomic E-state index is 13.2. The van der Waals surface area contributed by atoms with Crippen molar-refractivity contribution in [3.05, 3.63) is 101 Å². The Morgan fingerprint density at radius 2 is 1.64 bits per heavy atom. The van der Waals surface area contributed by atoms with E-state index in [4.69, 9.17) is 9.84 Å². The van der Waals surface area contributed by atoms with Crippen molar-refractivity contribution in [1.29, 1.82) is 0 Å². The number of carboxylic acid groups (broad SMARTS) is 1. The Hall–Kier alpha value is -3.62. The van der Waals surface area contributed by atoms with Crippen LogP contribution in [0.5, 0.6) is 5.75 Å². The van der Waals surface area contributed by atoms with Crippen molar-refractivity contribution in [2.75, 3.05) is 13.1 Å². The number of carbonyl (C=O) groups is 1. The van der Waals surface area contributed by atoms with Crippen molar-refractivity contribution < 1.29 is 19.0 Å². The van der Waals surface area contributed by atoms with Crippen LogP contribution in [0.15, 0.2) is 72.8 Å². The van der Waals surface area contributed by atoms with Crippen molar-refractivity contribution in [1.82, 2.24) is 4.90 Å². The van der Waals surface area contributed by atoms with E-state index in [9.17, 15) is 9.18 Å². The molecule has 3 aromatic rings. The number of hydrogen-bond donors (Lipinski definition) is 1. The molecule has 1 N–H and O–H groups in total. The molecular weight excluding hydrogens is 453 g/mol. The van der Waals surface area contributed by atoms with Crippen LogP contribution in [0.25, 0.3) is 0 Å². The molecular formula is C31H32FNO3. The fraction of sp³-hybridized carbons (Fsp3) is 0.323. The molecule has 0 saturated carbocycles. The number of aliphatic carboxylic acids is 1. The number of rotatable bonds is 9. The molecule has 36 heavy (non-hydrogen) atoms. The van der Waals surface area contributed by atoms with Gasteiger partial charge in [0.2, 0.25) is 0 Å². The third kappa shape index (κ3) is 7.19. The van der Waals surface area contributed by atoms with Crippen LogP contribution in [0.2, 0.25) is 0 Å². The molecule has 1 aliphatic heterocycles. The lowest BCUT2D eigenvalue weighted by Gasteiger charge is -2.32. The first-order valence-corrected chi connectivity index (χ1v) is 12.4. The van der Waals surface area contributed by atoms with E-state index in [0.29, 0.717) is 12.5 Å². The van der Waals surface area contributed by atoms with E-state index in [2.05, 4.69) is 41.0 Å². The van der Waals surface area contributed by atoms with Crippen molar-refractivity contribution in [2.45, 2.75) is 51.2 Å². The Morgan fingerprint density at radius 1 is 1.00 bits per heavy atom. The molecule has 4 nitrogen and oxygen atoms in total. The lowest BCUT2D eigenvalue weighted by Crippen LogP contribution is -2.32. The van der Waals surface area contributed by atoms with E-state index in [0.717, 1.165) is 49.4 Å². The molecule has 1 atom stereocenters. The van der Waals surface area contributed by atoms with Gasteiger partial charge in [-0.1, -0.05) is 54.5 Å². The molecule has 4 rings (SSSR count). The van der Waals surface area contributed by atoms with Gasteiger partial charge in [-0.3, -0.25) is 9.69 Å². The van der Waals surface area contributed by atoms with Gasteiger partial charge in [0.1, 0.15) is 18.2 Å². The number of nitrogens with zero attached hydrogens (tertiary/aromatic N) is 1. The summed E-state index contributed by atoms with van der Waals surface area (Å²) in [5, 5.41) is 9.10. The van der Waals surface area contributed by atoms with Crippen LogP contribution in [0.1, 0.15) is 60.3 Å². The second-order valence-electron chi connectivity index (χ2n) is 9.32. The standard InChI is InChI=1S/C31H32FNO3/c1-2-3-28(20-31(34)35)26-10-14-30(15-11-26)36-22-24-6-4-23(5-7-24)21-33-18-16-27(17-19-33)25-8-12-29(32)13-9-25/h4-15,27-28H,16-22H2,1H3,(H,34,35)/t28-/m0/s1. The topological polar surface area (TPSA) is 49.8 Å². The summed E-state index contributed by atoms with van der Waals surface area (Å²) in [6, 6.07) is 23.0. The van der Waals surface area contributed by atoms with Gasteiger partial charge in [-0.25, -0.2) is 4.39 Å². The summed E-state index contributed by atoms with van der Waals surface area (Å²) >= 11 is 0. The van der Waals surface area contributed by atoms with Crippen molar-refractivity contribution >= 4 is 5.97 Å². The minimum atomic E-state index is -0.860. The average Bonchev–Trinajstić information content (AvgIpc) is 2.89. The highest BCUT2D eigenvalue weighted by Gasteiger charge is 2.20. The molecule has 0 spiro atoms. The average molecular weight is 486 g/mol. The van der Waals surface area contributed by atoms with Gasteiger partial charge in [-0.2, -0.15) is 0 Å². The number of piperidine rings is 1. The molecule has 0 aromatic heterocycles. The summed E-state index contributed by atoms with van der Waals surface area (Å²) in [6.07, 6.45) is 2.18. The van der Waals surface area contributed by atoms with E-state index in [1.54, 1.807) is 19.1 Å². The molecule has 3 aromatic carbocycles. The number of hydrogen-bond acceptors (Lipinski definition) is 3. The number of benzene rings is 3. The summed E-state index contributed by atoms with van der Waals surface area (Å²) in [6.45, 7) is 5.20. The molecule has 0 amide bonds. The summed E-state index contributed by atoms with van der Waals surface area (Å²) in [5.74, 6) is 5.68. The minimum Gasteiger partial charge on any atom is -0.489 e. The van der Waals surface area contributed by atoms with Gasteiger partial charge >= 0.3 is 5.97 Å². The van der Waals surface area contributed by atoms with Gasteiger partial charge in [0.15, 0.2) is 0 Å². The van der Waals surface area contributed by atoms with Crippen LogP contribution < -0.4 is 4.74 Å². The van der Waals surface area contributed by atoms with E-state index in [-0.39, 0.29) is 18.2 Å². The molecule has 0 unspecified atom stereocenters.